The zero-order valence-electron chi connectivity index (χ0n) is 8.97. The van der Waals surface area contributed by atoms with E-state index in [4.69, 9.17) is 16.9 Å². The van der Waals surface area contributed by atoms with Gasteiger partial charge in [0.25, 0.3) is 0 Å². The molecule has 0 N–H and O–H groups in total. The van der Waals surface area contributed by atoms with Crippen LogP contribution in [0.2, 0.25) is 0 Å². The molecule has 0 amide bonds. The molecular weight excluding hydrogens is 210 g/mol. The molecule has 1 rings (SSSR count). The van der Waals surface area contributed by atoms with E-state index in [1.807, 2.05) is 18.2 Å². The van der Waals surface area contributed by atoms with Crippen LogP contribution in [-0.4, -0.2) is 21.6 Å². The zero-order valence-corrected chi connectivity index (χ0v) is 9.87. The highest BCUT2D eigenvalue weighted by Gasteiger charge is 2.23. The smallest absolute Gasteiger partial charge is 0.312 e. The second-order valence-corrected chi connectivity index (χ2v) is 5.23. The first-order valence-corrected chi connectivity index (χ1v) is 6.47. The Balaban J connectivity index is 2.84. The second kappa shape index (κ2) is 5.50. The SMILES string of the molecule is [B]c1ccccc1CP(=O)(OC)OCC. The van der Waals surface area contributed by atoms with Crippen LogP contribution in [0.25, 0.3) is 0 Å². The van der Waals surface area contributed by atoms with Gasteiger partial charge in [0, 0.05) is 7.11 Å². The average Bonchev–Trinajstić information content (AvgIpc) is 2.22. The molecule has 1 aromatic rings. The van der Waals surface area contributed by atoms with Gasteiger partial charge in [-0.25, -0.2) is 0 Å². The fourth-order valence-electron chi connectivity index (χ4n) is 1.25. The van der Waals surface area contributed by atoms with Gasteiger partial charge in [-0.15, -0.1) is 0 Å². The topological polar surface area (TPSA) is 35.5 Å². The van der Waals surface area contributed by atoms with Gasteiger partial charge in [-0.1, -0.05) is 29.7 Å². The normalized spacial score (nSPS) is 14.8. The molecular formula is C10H14BO3P. The summed E-state index contributed by atoms with van der Waals surface area (Å²) in [6.07, 6.45) is 0.212. The van der Waals surface area contributed by atoms with Gasteiger partial charge < -0.3 is 9.05 Å². The van der Waals surface area contributed by atoms with Crippen molar-refractivity contribution in [2.24, 2.45) is 0 Å². The Morgan fingerprint density at radius 2 is 2.07 bits per heavy atom. The Kier molecular flexibility index (Phi) is 4.58. The maximum atomic E-state index is 12.0. The summed E-state index contributed by atoms with van der Waals surface area (Å²) in [7, 11) is 4.10. The van der Waals surface area contributed by atoms with Crippen molar-refractivity contribution in [2.75, 3.05) is 13.7 Å². The van der Waals surface area contributed by atoms with Crippen LogP contribution in [0.3, 0.4) is 0 Å². The Hall–Kier alpha value is -0.565. The Morgan fingerprint density at radius 1 is 1.40 bits per heavy atom. The summed E-state index contributed by atoms with van der Waals surface area (Å²) in [5.74, 6) is 0. The van der Waals surface area contributed by atoms with Crippen LogP contribution in [0.4, 0.5) is 0 Å². The fourth-order valence-corrected chi connectivity index (χ4v) is 2.67. The van der Waals surface area contributed by atoms with Crippen LogP contribution < -0.4 is 5.46 Å². The summed E-state index contributed by atoms with van der Waals surface area (Å²) in [5.41, 5.74) is 1.39. The molecule has 0 saturated heterocycles. The van der Waals surface area contributed by atoms with Gasteiger partial charge in [-0.2, -0.15) is 0 Å². The van der Waals surface area contributed by atoms with E-state index >= 15 is 0 Å². The van der Waals surface area contributed by atoms with Gasteiger partial charge >= 0.3 is 7.60 Å². The van der Waals surface area contributed by atoms with Crippen molar-refractivity contribution in [1.82, 2.24) is 0 Å². The molecule has 0 spiro atoms. The lowest BCUT2D eigenvalue weighted by Gasteiger charge is -2.16. The lowest BCUT2D eigenvalue weighted by atomic mass is 9.92. The van der Waals surface area contributed by atoms with E-state index in [2.05, 4.69) is 0 Å². The predicted molar refractivity (Wildman–Crippen MR) is 61.8 cm³/mol. The first kappa shape index (κ1) is 12.5. The highest BCUT2D eigenvalue weighted by atomic mass is 31.2. The molecule has 0 heterocycles. The van der Waals surface area contributed by atoms with Gasteiger partial charge in [0.05, 0.1) is 12.8 Å². The lowest BCUT2D eigenvalue weighted by molar-refractivity contribution is 0.243. The van der Waals surface area contributed by atoms with Crippen LogP contribution in [-0.2, 0) is 19.8 Å². The molecule has 80 valence electrons. The van der Waals surface area contributed by atoms with Gasteiger partial charge in [0.15, 0.2) is 0 Å². The summed E-state index contributed by atoms with van der Waals surface area (Å²) >= 11 is 0. The molecule has 0 aliphatic heterocycles. The summed E-state index contributed by atoms with van der Waals surface area (Å²) < 4.78 is 22.0. The minimum Gasteiger partial charge on any atom is -0.312 e. The van der Waals surface area contributed by atoms with E-state index in [0.29, 0.717) is 12.1 Å². The molecule has 0 bridgehead atoms. The quantitative estimate of drug-likeness (QED) is 0.565. The van der Waals surface area contributed by atoms with Crippen molar-refractivity contribution >= 4 is 20.9 Å². The Labute approximate surface area is 91.7 Å². The summed E-state index contributed by atoms with van der Waals surface area (Å²) in [5, 5.41) is 0. The van der Waals surface area contributed by atoms with Gasteiger partial charge in [-0.3, -0.25) is 4.57 Å². The van der Waals surface area contributed by atoms with Crippen molar-refractivity contribution in [3.05, 3.63) is 29.8 Å². The first-order chi connectivity index (χ1) is 7.11. The summed E-state index contributed by atoms with van der Waals surface area (Å²) in [6, 6.07) is 7.26. The van der Waals surface area contributed by atoms with Crippen molar-refractivity contribution < 1.29 is 13.6 Å². The predicted octanol–water partition coefficient (Wildman–Crippen LogP) is 1.86. The molecule has 1 aromatic carbocycles. The van der Waals surface area contributed by atoms with E-state index < -0.39 is 7.60 Å². The van der Waals surface area contributed by atoms with Crippen LogP contribution in [0.15, 0.2) is 24.3 Å². The fraction of sp³-hybridized carbons (Fsp3) is 0.400. The van der Waals surface area contributed by atoms with E-state index in [9.17, 15) is 4.57 Å². The van der Waals surface area contributed by atoms with E-state index in [1.165, 1.54) is 7.11 Å². The third-order valence-electron chi connectivity index (χ3n) is 2.02. The monoisotopic (exact) mass is 224 g/mol. The van der Waals surface area contributed by atoms with Crippen molar-refractivity contribution in [3.63, 3.8) is 0 Å². The molecule has 15 heavy (non-hydrogen) atoms. The largest absolute Gasteiger partial charge is 0.334 e. The molecule has 0 saturated carbocycles. The number of hydrogen-bond donors (Lipinski definition) is 0. The molecule has 1 atom stereocenters. The summed E-state index contributed by atoms with van der Waals surface area (Å²) in [6.45, 7) is 2.14. The van der Waals surface area contributed by atoms with Crippen LogP contribution in [0.1, 0.15) is 12.5 Å². The minimum atomic E-state index is -3.03. The van der Waals surface area contributed by atoms with Crippen molar-refractivity contribution in [3.8, 4) is 0 Å². The first-order valence-electron chi connectivity index (χ1n) is 4.74. The van der Waals surface area contributed by atoms with Gasteiger partial charge in [0.1, 0.15) is 7.85 Å². The molecule has 0 aliphatic rings. The van der Waals surface area contributed by atoms with Crippen molar-refractivity contribution in [2.45, 2.75) is 13.1 Å². The molecule has 5 heteroatoms. The Morgan fingerprint density at radius 3 is 2.60 bits per heavy atom. The third-order valence-corrected chi connectivity index (χ3v) is 3.96. The minimum absolute atomic E-state index is 0.212. The lowest BCUT2D eigenvalue weighted by Crippen LogP contribution is -2.10. The molecule has 0 fully saturated rings. The van der Waals surface area contributed by atoms with E-state index in [-0.39, 0.29) is 6.16 Å². The molecule has 0 aliphatic carbocycles. The van der Waals surface area contributed by atoms with Crippen LogP contribution >= 0.6 is 7.60 Å². The van der Waals surface area contributed by atoms with Gasteiger partial charge in [-0.05, 0) is 12.5 Å². The number of benzene rings is 1. The van der Waals surface area contributed by atoms with Crippen molar-refractivity contribution in [1.29, 1.82) is 0 Å². The molecule has 2 radical (unpaired) electrons. The maximum Gasteiger partial charge on any atom is 0.334 e. The highest BCUT2D eigenvalue weighted by molar-refractivity contribution is 7.53. The third kappa shape index (κ3) is 3.49. The Bertz CT molecular complexity index is 367. The molecule has 3 nitrogen and oxygen atoms in total. The second-order valence-electron chi connectivity index (χ2n) is 3.07. The number of rotatable bonds is 5. The van der Waals surface area contributed by atoms with Gasteiger partial charge in [0.2, 0.25) is 0 Å². The van der Waals surface area contributed by atoms with E-state index in [0.717, 1.165) is 5.56 Å². The molecule has 0 aromatic heterocycles. The molecule has 1 unspecified atom stereocenters. The van der Waals surface area contributed by atoms with Crippen LogP contribution in [0.5, 0.6) is 0 Å². The standard InChI is InChI=1S/C10H14BO3P/c1-3-14-15(12,13-2)8-9-6-4-5-7-10(9)11/h4-7H,3,8H2,1-2H3. The highest BCUT2D eigenvalue weighted by Crippen LogP contribution is 2.50. The zero-order chi connectivity index (χ0) is 11.3. The maximum absolute atomic E-state index is 12.0. The van der Waals surface area contributed by atoms with E-state index in [1.54, 1.807) is 13.0 Å². The summed E-state index contributed by atoms with van der Waals surface area (Å²) in [4.78, 5) is 0. The number of hydrogen-bond acceptors (Lipinski definition) is 3. The van der Waals surface area contributed by atoms with Crippen LogP contribution in [0, 0.1) is 0 Å². The average molecular weight is 224 g/mol.